The van der Waals surface area contributed by atoms with Gasteiger partial charge in [0.1, 0.15) is 5.65 Å². The fourth-order valence-electron chi connectivity index (χ4n) is 3.11. The minimum absolute atomic E-state index is 0.114. The number of amides is 1. The molecule has 1 unspecified atom stereocenters. The molecule has 0 saturated heterocycles. The molecule has 0 bridgehead atoms. The first-order chi connectivity index (χ1) is 14.7. The molecule has 6 nitrogen and oxygen atoms in total. The highest BCUT2D eigenvalue weighted by molar-refractivity contribution is 6.03. The van der Waals surface area contributed by atoms with Crippen molar-refractivity contribution >= 4 is 23.3 Å². The molecule has 2 aromatic heterocycles. The summed E-state index contributed by atoms with van der Waals surface area (Å²) in [5.74, 6) is -0.399. The number of imidazole rings is 1. The lowest BCUT2D eigenvalue weighted by Crippen LogP contribution is -2.12. The molecule has 31 heavy (non-hydrogen) atoms. The summed E-state index contributed by atoms with van der Waals surface area (Å²) in [5, 5.41) is 2.60. The van der Waals surface area contributed by atoms with Crippen LogP contribution in [-0.2, 0) is 15.7 Å². The number of alkyl halides is 3. The highest BCUT2D eigenvalue weighted by Crippen LogP contribution is 2.29. The number of hydrogen-bond donors (Lipinski definition) is 1. The van der Waals surface area contributed by atoms with Gasteiger partial charge in [0.15, 0.2) is 5.82 Å². The molecule has 1 amide bonds. The van der Waals surface area contributed by atoms with Crippen molar-refractivity contribution in [3.8, 4) is 0 Å². The number of carbonyl (C=O) groups is 2. The number of fused-ring (bicyclic) bond motifs is 1. The number of pyridine rings is 1. The number of halogens is 3. The van der Waals surface area contributed by atoms with Crippen molar-refractivity contribution in [3.63, 3.8) is 0 Å². The summed E-state index contributed by atoms with van der Waals surface area (Å²) in [4.78, 5) is 28.1. The number of rotatable bonds is 7. The summed E-state index contributed by atoms with van der Waals surface area (Å²) in [7, 11) is 0. The molecular weight excluding hydrogens is 411 g/mol. The number of benzene rings is 1. The van der Waals surface area contributed by atoms with Crippen LogP contribution in [0.3, 0.4) is 0 Å². The van der Waals surface area contributed by atoms with Gasteiger partial charge in [0, 0.05) is 18.2 Å². The predicted octanol–water partition coefficient (Wildman–Crippen LogP) is 5.05. The molecule has 0 spiro atoms. The molecule has 0 radical (unpaired) electrons. The Labute approximate surface area is 177 Å². The Morgan fingerprint density at radius 2 is 1.84 bits per heavy atom. The number of aromatic nitrogens is 2. The normalized spacial score (nSPS) is 12.5. The van der Waals surface area contributed by atoms with Gasteiger partial charge in [-0.2, -0.15) is 13.2 Å². The summed E-state index contributed by atoms with van der Waals surface area (Å²) in [6.45, 7) is 4.10. The van der Waals surface area contributed by atoms with E-state index in [0.717, 1.165) is 17.8 Å². The molecule has 0 aliphatic carbocycles. The minimum Gasteiger partial charge on any atom is -0.466 e. The molecule has 164 valence electrons. The van der Waals surface area contributed by atoms with Gasteiger partial charge in [-0.15, -0.1) is 0 Å². The van der Waals surface area contributed by atoms with Crippen molar-refractivity contribution in [2.24, 2.45) is 0 Å². The molecule has 0 aliphatic rings. The fourth-order valence-corrected chi connectivity index (χ4v) is 3.11. The van der Waals surface area contributed by atoms with Gasteiger partial charge in [-0.3, -0.25) is 9.59 Å². The second-order valence-corrected chi connectivity index (χ2v) is 7.13. The Kier molecular flexibility index (Phi) is 6.62. The van der Waals surface area contributed by atoms with Gasteiger partial charge in [0.05, 0.1) is 18.4 Å². The fraction of sp³-hybridized carbons (Fsp3) is 0.318. The number of nitrogens with zero attached hydrogens (tertiary/aromatic N) is 2. The lowest BCUT2D eigenvalue weighted by atomic mass is 9.95. The van der Waals surface area contributed by atoms with Crippen molar-refractivity contribution in [3.05, 3.63) is 65.5 Å². The summed E-state index contributed by atoms with van der Waals surface area (Å²) in [5.41, 5.74) is 0.847. The molecule has 3 rings (SSSR count). The molecule has 2 heterocycles. The number of anilines is 1. The zero-order chi connectivity index (χ0) is 22.6. The second-order valence-electron chi connectivity index (χ2n) is 7.13. The largest absolute Gasteiger partial charge is 0.466 e. The lowest BCUT2D eigenvalue weighted by Gasteiger charge is -2.12. The maximum atomic E-state index is 12.8. The summed E-state index contributed by atoms with van der Waals surface area (Å²) < 4.78 is 44.7. The first kappa shape index (κ1) is 22.3. The zero-order valence-electron chi connectivity index (χ0n) is 17.1. The number of esters is 1. The van der Waals surface area contributed by atoms with Gasteiger partial charge in [-0.1, -0.05) is 19.1 Å². The van der Waals surface area contributed by atoms with Gasteiger partial charge < -0.3 is 14.5 Å². The standard InChI is InChI=1S/C22H22F3N3O3/c1-3-31-20(29)11-4-14(2)15-5-7-16(8-6-15)21(30)27-18-13-28-12-17(22(23,24)25)9-10-19(28)26-18/h5-10,12-14H,3-4,11H2,1-2H3,(H,27,30). The van der Waals surface area contributed by atoms with Gasteiger partial charge in [0.25, 0.3) is 5.91 Å². The first-order valence-corrected chi connectivity index (χ1v) is 9.80. The maximum absolute atomic E-state index is 12.8. The smallest absolute Gasteiger partial charge is 0.417 e. The van der Waals surface area contributed by atoms with Gasteiger partial charge >= 0.3 is 12.1 Å². The Morgan fingerprint density at radius 1 is 1.13 bits per heavy atom. The van der Waals surface area contributed by atoms with Crippen LogP contribution in [0.5, 0.6) is 0 Å². The Bertz CT molecular complexity index is 1080. The van der Waals surface area contributed by atoms with E-state index in [4.69, 9.17) is 4.74 Å². The number of nitrogens with one attached hydrogen (secondary N) is 1. The number of ether oxygens (including phenoxy) is 1. The molecule has 3 aromatic rings. The van der Waals surface area contributed by atoms with Crippen LogP contribution in [0.1, 0.15) is 54.1 Å². The average molecular weight is 433 g/mol. The van der Waals surface area contributed by atoms with Crippen molar-refractivity contribution in [1.82, 2.24) is 9.38 Å². The van der Waals surface area contributed by atoms with Crippen molar-refractivity contribution in [1.29, 1.82) is 0 Å². The molecule has 1 atom stereocenters. The van der Waals surface area contributed by atoms with Crippen LogP contribution >= 0.6 is 0 Å². The van der Waals surface area contributed by atoms with Crippen LogP contribution in [0.15, 0.2) is 48.8 Å². The predicted molar refractivity (Wildman–Crippen MR) is 109 cm³/mol. The van der Waals surface area contributed by atoms with E-state index in [1.54, 1.807) is 19.1 Å². The summed E-state index contributed by atoms with van der Waals surface area (Å²) >= 11 is 0. The van der Waals surface area contributed by atoms with Crippen LogP contribution in [-0.4, -0.2) is 27.9 Å². The molecule has 1 N–H and O–H groups in total. The third-order valence-corrected chi connectivity index (χ3v) is 4.85. The van der Waals surface area contributed by atoms with E-state index in [-0.39, 0.29) is 23.4 Å². The molecule has 0 saturated carbocycles. The van der Waals surface area contributed by atoms with Crippen LogP contribution in [0, 0.1) is 0 Å². The highest BCUT2D eigenvalue weighted by atomic mass is 19.4. The average Bonchev–Trinajstić information content (AvgIpc) is 3.13. The van der Waals surface area contributed by atoms with E-state index in [1.807, 2.05) is 19.1 Å². The molecule has 9 heteroatoms. The third kappa shape index (κ3) is 5.62. The van der Waals surface area contributed by atoms with Gasteiger partial charge in [-0.25, -0.2) is 4.98 Å². The zero-order valence-corrected chi connectivity index (χ0v) is 17.1. The van der Waals surface area contributed by atoms with Crippen molar-refractivity contribution < 1.29 is 27.5 Å². The summed E-state index contributed by atoms with van der Waals surface area (Å²) in [6, 6.07) is 9.11. The first-order valence-electron chi connectivity index (χ1n) is 9.80. The summed E-state index contributed by atoms with van der Waals surface area (Å²) in [6.07, 6.45) is -1.26. The lowest BCUT2D eigenvalue weighted by molar-refractivity contribution is -0.143. The van der Waals surface area contributed by atoms with E-state index in [2.05, 4.69) is 10.3 Å². The second kappa shape index (κ2) is 9.20. The van der Waals surface area contributed by atoms with E-state index < -0.39 is 17.6 Å². The topological polar surface area (TPSA) is 72.7 Å². The highest BCUT2D eigenvalue weighted by Gasteiger charge is 2.30. The molecule has 0 aliphatic heterocycles. The SMILES string of the molecule is CCOC(=O)CCC(C)c1ccc(C(=O)Nc2cn3cc(C(F)(F)F)ccc3n2)cc1. The van der Waals surface area contributed by atoms with Crippen LogP contribution in [0.2, 0.25) is 0 Å². The van der Waals surface area contributed by atoms with Crippen molar-refractivity contribution in [2.75, 3.05) is 11.9 Å². The molecular formula is C22H22F3N3O3. The van der Waals surface area contributed by atoms with Crippen LogP contribution in [0.25, 0.3) is 5.65 Å². The van der Waals surface area contributed by atoms with E-state index in [9.17, 15) is 22.8 Å². The van der Waals surface area contributed by atoms with Crippen LogP contribution in [0.4, 0.5) is 19.0 Å². The molecule has 0 fully saturated rings. The minimum atomic E-state index is -4.46. The number of hydrogen-bond acceptors (Lipinski definition) is 4. The van der Waals surface area contributed by atoms with Crippen molar-refractivity contribution in [2.45, 2.75) is 38.8 Å². The van der Waals surface area contributed by atoms with E-state index >= 15 is 0 Å². The number of carbonyl (C=O) groups excluding carboxylic acids is 2. The van der Waals surface area contributed by atoms with Gasteiger partial charge in [-0.05, 0) is 49.1 Å². The van der Waals surface area contributed by atoms with E-state index in [0.29, 0.717) is 25.0 Å². The third-order valence-electron chi connectivity index (χ3n) is 4.85. The van der Waals surface area contributed by atoms with Crippen LogP contribution < -0.4 is 5.32 Å². The quantitative estimate of drug-likeness (QED) is 0.529. The van der Waals surface area contributed by atoms with Gasteiger partial charge in [0.2, 0.25) is 0 Å². The monoisotopic (exact) mass is 433 g/mol. The maximum Gasteiger partial charge on any atom is 0.417 e. The molecule has 1 aromatic carbocycles. The van der Waals surface area contributed by atoms with E-state index in [1.165, 1.54) is 16.7 Å². The Morgan fingerprint density at radius 3 is 2.48 bits per heavy atom. The Hall–Kier alpha value is -3.36. The Balaban J connectivity index is 1.64.